The predicted molar refractivity (Wildman–Crippen MR) is 84.5 cm³/mol. The fraction of sp³-hybridized carbons (Fsp3) is 0.111. The maximum atomic E-state index is 5.80. The zero-order valence-corrected chi connectivity index (χ0v) is 12.5. The molecule has 0 radical (unpaired) electrons. The molecule has 0 saturated heterocycles. The summed E-state index contributed by atoms with van der Waals surface area (Å²) in [4.78, 5) is 8.48. The first-order chi connectivity index (χ1) is 10.7. The second-order valence-electron chi connectivity index (χ2n) is 5.00. The van der Waals surface area contributed by atoms with Gasteiger partial charge in [0.25, 0.3) is 0 Å². The van der Waals surface area contributed by atoms with Gasteiger partial charge >= 0.3 is 0 Å². The number of para-hydroxylation sites is 2. The van der Waals surface area contributed by atoms with Crippen LogP contribution in [0.2, 0.25) is 0 Å². The van der Waals surface area contributed by atoms with Crippen molar-refractivity contribution in [3.63, 3.8) is 0 Å². The van der Waals surface area contributed by atoms with Crippen LogP contribution in [0.15, 0.2) is 60.9 Å². The lowest BCUT2D eigenvalue weighted by Gasteiger charge is -2.11. The first kappa shape index (κ1) is 14.1. The van der Waals surface area contributed by atoms with Crippen LogP contribution in [-0.4, -0.2) is 9.97 Å². The number of hydrogen-bond acceptors (Lipinski definition) is 4. The average molecular weight is 292 g/mol. The average Bonchev–Trinajstić information content (AvgIpc) is 2.54. The highest BCUT2D eigenvalue weighted by Crippen LogP contribution is 2.33. The number of hydrogen-bond donors (Lipinski definition) is 0. The molecule has 0 saturated carbocycles. The van der Waals surface area contributed by atoms with Crippen LogP contribution in [0.3, 0.4) is 0 Å². The van der Waals surface area contributed by atoms with Crippen molar-refractivity contribution in [2.24, 2.45) is 0 Å². The molecule has 0 N–H and O–H groups in total. The molecule has 0 aliphatic heterocycles. The fourth-order valence-electron chi connectivity index (χ4n) is 1.87. The summed E-state index contributed by atoms with van der Waals surface area (Å²) in [5.41, 5.74) is 2.17. The number of rotatable bonds is 4. The number of ether oxygens (including phenoxy) is 2. The Morgan fingerprint density at radius 3 is 1.45 bits per heavy atom. The Bertz CT molecular complexity index is 686. The van der Waals surface area contributed by atoms with E-state index in [0.717, 1.165) is 11.1 Å². The minimum atomic E-state index is 0.526. The van der Waals surface area contributed by atoms with Gasteiger partial charge in [-0.3, -0.25) is 0 Å². The lowest BCUT2D eigenvalue weighted by Crippen LogP contribution is -1.93. The molecule has 0 atom stereocenters. The summed E-state index contributed by atoms with van der Waals surface area (Å²) in [7, 11) is 0. The molecule has 0 fully saturated rings. The molecule has 1 aromatic carbocycles. The second-order valence-corrected chi connectivity index (χ2v) is 5.00. The highest BCUT2D eigenvalue weighted by atomic mass is 16.5. The van der Waals surface area contributed by atoms with E-state index in [9.17, 15) is 0 Å². The molecule has 3 aromatic rings. The molecule has 110 valence electrons. The quantitative estimate of drug-likeness (QED) is 0.700. The van der Waals surface area contributed by atoms with Gasteiger partial charge in [0, 0.05) is 24.5 Å². The van der Waals surface area contributed by atoms with Gasteiger partial charge in [-0.15, -0.1) is 0 Å². The Labute approximate surface area is 129 Å². The monoisotopic (exact) mass is 292 g/mol. The number of aryl methyl sites for hydroxylation is 2. The summed E-state index contributed by atoms with van der Waals surface area (Å²) in [6.45, 7) is 3.97. The van der Waals surface area contributed by atoms with Crippen molar-refractivity contribution in [3.05, 3.63) is 72.1 Å². The highest BCUT2D eigenvalue weighted by molar-refractivity contribution is 5.43. The summed E-state index contributed by atoms with van der Waals surface area (Å²) in [5.74, 6) is 2.25. The van der Waals surface area contributed by atoms with Crippen molar-refractivity contribution >= 4 is 0 Å². The van der Waals surface area contributed by atoms with Gasteiger partial charge in [-0.1, -0.05) is 24.3 Å². The molecule has 22 heavy (non-hydrogen) atoms. The minimum Gasteiger partial charge on any atom is -0.435 e. The van der Waals surface area contributed by atoms with Gasteiger partial charge in [-0.2, -0.15) is 0 Å². The van der Waals surface area contributed by atoms with Gasteiger partial charge in [-0.25, -0.2) is 9.97 Å². The van der Waals surface area contributed by atoms with E-state index in [2.05, 4.69) is 9.97 Å². The van der Waals surface area contributed by atoms with E-state index in [-0.39, 0.29) is 0 Å². The molecule has 3 rings (SSSR count). The van der Waals surface area contributed by atoms with Crippen LogP contribution in [0.25, 0.3) is 0 Å². The number of pyridine rings is 2. The maximum absolute atomic E-state index is 5.80. The molecule has 4 heteroatoms. The molecule has 4 nitrogen and oxygen atoms in total. The lowest BCUT2D eigenvalue weighted by molar-refractivity contribution is 0.402. The molecule has 0 unspecified atom stereocenters. The third-order valence-corrected chi connectivity index (χ3v) is 3.05. The summed E-state index contributed by atoms with van der Waals surface area (Å²) in [6.07, 6.45) is 3.53. The van der Waals surface area contributed by atoms with Gasteiger partial charge in [0.1, 0.15) is 0 Å². The Hall–Kier alpha value is -2.88. The Balaban J connectivity index is 1.83. The Kier molecular flexibility index (Phi) is 4.01. The van der Waals surface area contributed by atoms with Gasteiger partial charge < -0.3 is 9.47 Å². The lowest BCUT2D eigenvalue weighted by atomic mass is 10.3. The largest absolute Gasteiger partial charge is 0.435 e. The van der Waals surface area contributed by atoms with E-state index in [1.807, 2.05) is 62.4 Å². The molecular formula is C18H16N2O2. The third kappa shape index (κ3) is 3.41. The van der Waals surface area contributed by atoms with Crippen molar-refractivity contribution in [2.45, 2.75) is 13.8 Å². The SMILES string of the molecule is Cc1ccc(Oc2ccccc2Oc2ccc(C)cn2)nc1. The van der Waals surface area contributed by atoms with Gasteiger partial charge in [0.2, 0.25) is 11.8 Å². The molecule has 0 aliphatic carbocycles. The van der Waals surface area contributed by atoms with E-state index in [0.29, 0.717) is 23.3 Å². The summed E-state index contributed by atoms with van der Waals surface area (Å²) >= 11 is 0. The van der Waals surface area contributed by atoms with E-state index < -0.39 is 0 Å². The molecule has 0 bridgehead atoms. The molecule has 0 aliphatic rings. The molecule has 0 spiro atoms. The van der Waals surface area contributed by atoms with E-state index in [4.69, 9.17) is 9.47 Å². The smallest absolute Gasteiger partial charge is 0.219 e. The first-order valence-electron chi connectivity index (χ1n) is 7.01. The van der Waals surface area contributed by atoms with Crippen LogP contribution >= 0.6 is 0 Å². The van der Waals surface area contributed by atoms with Crippen LogP contribution in [0.1, 0.15) is 11.1 Å². The summed E-state index contributed by atoms with van der Waals surface area (Å²) < 4.78 is 11.6. The van der Waals surface area contributed by atoms with Gasteiger partial charge in [0.05, 0.1) is 0 Å². The second kappa shape index (κ2) is 6.26. The van der Waals surface area contributed by atoms with Crippen molar-refractivity contribution in [1.82, 2.24) is 9.97 Å². The molecule has 0 amide bonds. The van der Waals surface area contributed by atoms with Crippen molar-refractivity contribution in [1.29, 1.82) is 0 Å². The fourth-order valence-corrected chi connectivity index (χ4v) is 1.87. The van der Waals surface area contributed by atoms with E-state index in [1.165, 1.54) is 0 Å². The molecular weight excluding hydrogens is 276 g/mol. The van der Waals surface area contributed by atoms with Gasteiger partial charge in [0.15, 0.2) is 11.5 Å². The zero-order chi connectivity index (χ0) is 15.4. The summed E-state index contributed by atoms with van der Waals surface area (Å²) in [6, 6.07) is 15.0. The first-order valence-corrected chi connectivity index (χ1v) is 7.01. The van der Waals surface area contributed by atoms with Crippen molar-refractivity contribution in [2.75, 3.05) is 0 Å². The van der Waals surface area contributed by atoms with Crippen LogP contribution in [-0.2, 0) is 0 Å². The maximum Gasteiger partial charge on any atom is 0.219 e. The zero-order valence-electron chi connectivity index (χ0n) is 12.5. The predicted octanol–water partition coefficient (Wildman–Crippen LogP) is 4.68. The minimum absolute atomic E-state index is 0.526. The van der Waals surface area contributed by atoms with Crippen molar-refractivity contribution < 1.29 is 9.47 Å². The topological polar surface area (TPSA) is 44.2 Å². The van der Waals surface area contributed by atoms with Crippen LogP contribution in [0.5, 0.6) is 23.3 Å². The normalized spacial score (nSPS) is 10.3. The molecule has 2 heterocycles. The standard InChI is InChI=1S/C18H16N2O2/c1-13-7-9-17(19-11-13)21-15-5-3-4-6-16(15)22-18-10-8-14(2)12-20-18/h3-12H,1-2H3. The Morgan fingerprint density at radius 1 is 0.636 bits per heavy atom. The number of aromatic nitrogens is 2. The van der Waals surface area contributed by atoms with Crippen LogP contribution < -0.4 is 9.47 Å². The van der Waals surface area contributed by atoms with Crippen molar-refractivity contribution in [3.8, 4) is 23.3 Å². The third-order valence-electron chi connectivity index (χ3n) is 3.05. The van der Waals surface area contributed by atoms with Crippen LogP contribution in [0, 0.1) is 13.8 Å². The summed E-state index contributed by atoms with van der Waals surface area (Å²) in [5, 5.41) is 0. The number of benzene rings is 1. The molecule has 2 aromatic heterocycles. The van der Waals surface area contributed by atoms with Crippen LogP contribution in [0.4, 0.5) is 0 Å². The number of nitrogens with zero attached hydrogens (tertiary/aromatic N) is 2. The van der Waals surface area contributed by atoms with E-state index >= 15 is 0 Å². The highest BCUT2D eigenvalue weighted by Gasteiger charge is 2.08. The van der Waals surface area contributed by atoms with Gasteiger partial charge in [-0.05, 0) is 37.1 Å². The van der Waals surface area contributed by atoms with E-state index in [1.54, 1.807) is 12.4 Å². The Morgan fingerprint density at radius 2 is 1.09 bits per heavy atom.